The van der Waals surface area contributed by atoms with E-state index in [-0.39, 0.29) is 6.71 Å². The van der Waals surface area contributed by atoms with Crippen molar-refractivity contribution in [1.82, 2.24) is 9.13 Å². The number of para-hydroxylation sites is 6. The average molecular weight is 704 g/mol. The van der Waals surface area contributed by atoms with Gasteiger partial charge >= 0.3 is 0 Å². The van der Waals surface area contributed by atoms with E-state index in [9.17, 15) is 0 Å². The molecule has 0 saturated carbocycles. The third-order valence-electron chi connectivity index (χ3n) is 12.1. The molecule has 0 saturated heterocycles. The zero-order valence-electron chi connectivity index (χ0n) is 29.2. The van der Waals surface area contributed by atoms with Crippen LogP contribution < -0.4 is 21.3 Å². The minimum atomic E-state index is 0.151. The maximum Gasteiger partial charge on any atom is 0.252 e. The number of hydrogen-bond acceptors (Lipinski definition) is 2. The highest BCUT2D eigenvalue weighted by atomic mass is 32.2. The van der Waals surface area contributed by atoms with Crippen LogP contribution in [0.2, 0.25) is 0 Å². The molecule has 0 amide bonds. The lowest BCUT2D eigenvalue weighted by molar-refractivity contribution is 1.10. The van der Waals surface area contributed by atoms with Gasteiger partial charge in [-0.15, -0.1) is 0 Å². The van der Waals surface area contributed by atoms with Crippen LogP contribution in [0.25, 0.3) is 55.0 Å². The smallest absolute Gasteiger partial charge is 0.252 e. The van der Waals surface area contributed by atoms with E-state index in [2.05, 4.69) is 184 Å². The molecule has 54 heavy (non-hydrogen) atoms. The highest BCUT2D eigenvalue weighted by Crippen LogP contribution is 2.51. The Morgan fingerprint density at radius 2 is 0.926 bits per heavy atom. The van der Waals surface area contributed by atoms with E-state index < -0.39 is 0 Å². The molecule has 13 rings (SSSR count). The van der Waals surface area contributed by atoms with Crippen molar-refractivity contribution >= 4 is 95.5 Å². The van der Waals surface area contributed by atoms with Gasteiger partial charge in [0.2, 0.25) is 0 Å². The van der Waals surface area contributed by atoms with Gasteiger partial charge in [0, 0.05) is 59.4 Å². The lowest BCUT2D eigenvalue weighted by atomic mass is 9.34. The monoisotopic (exact) mass is 703 g/mol. The van der Waals surface area contributed by atoms with E-state index >= 15 is 0 Å². The molecule has 0 atom stereocenters. The van der Waals surface area contributed by atoms with E-state index in [1.807, 2.05) is 11.8 Å². The van der Waals surface area contributed by atoms with Gasteiger partial charge in [-0.3, -0.25) is 0 Å². The minimum Gasteiger partial charge on any atom is -0.310 e. The van der Waals surface area contributed by atoms with Crippen molar-refractivity contribution in [2.75, 3.05) is 4.90 Å². The Labute approximate surface area is 316 Å². The zero-order chi connectivity index (χ0) is 35.1. The van der Waals surface area contributed by atoms with E-state index in [4.69, 9.17) is 0 Å². The largest absolute Gasteiger partial charge is 0.310 e. The van der Waals surface area contributed by atoms with E-state index in [1.165, 1.54) is 109 Å². The summed E-state index contributed by atoms with van der Waals surface area (Å²) in [6.45, 7) is 0.151. The minimum absolute atomic E-state index is 0.151. The fourth-order valence-electron chi connectivity index (χ4n) is 9.96. The van der Waals surface area contributed by atoms with Gasteiger partial charge in [-0.25, -0.2) is 0 Å². The van der Waals surface area contributed by atoms with Crippen molar-refractivity contribution in [3.05, 3.63) is 181 Å². The molecular weight excluding hydrogens is 673 g/mol. The molecule has 0 spiro atoms. The van der Waals surface area contributed by atoms with Gasteiger partial charge in [-0.1, -0.05) is 121 Å². The molecule has 0 aliphatic carbocycles. The van der Waals surface area contributed by atoms with Crippen molar-refractivity contribution in [3.63, 3.8) is 0 Å². The predicted octanol–water partition coefficient (Wildman–Crippen LogP) is 10.5. The lowest BCUT2D eigenvalue weighted by Gasteiger charge is -2.34. The number of anilines is 3. The Hall–Kier alpha value is -6.43. The number of rotatable bonds is 3. The van der Waals surface area contributed by atoms with E-state index in [0.29, 0.717) is 0 Å². The number of fused-ring (bicyclic) bond motifs is 12. The molecule has 0 radical (unpaired) electrons. The zero-order valence-corrected chi connectivity index (χ0v) is 30.0. The Bertz CT molecular complexity index is 3060. The van der Waals surface area contributed by atoms with Crippen LogP contribution in [0, 0.1) is 0 Å². The van der Waals surface area contributed by atoms with Crippen LogP contribution in [0.3, 0.4) is 0 Å². The molecular formula is C49H30BN3S. The summed E-state index contributed by atoms with van der Waals surface area (Å²) in [4.78, 5) is 4.97. The summed E-state index contributed by atoms with van der Waals surface area (Å²) in [6, 6.07) is 63.5. The SMILES string of the molecule is c1ccc2c(c1)Sc1ccccc1N2c1ccc(Cc2cc3c4c(c2)-n2c5ccccc5c5cccc(c52)B4c2cccc4c5ccccc5n-3c24)cc1. The fraction of sp³-hybridized carbons (Fsp3) is 0.0204. The summed E-state index contributed by atoms with van der Waals surface area (Å²) >= 11 is 1.85. The summed E-state index contributed by atoms with van der Waals surface area (Å²) in [5.41, 5.74) is 18.2. The Morgan fingerprint density at radius 1 is 0.426 bits per heavy atom. The van der Waals surface area contributed by atoms with Gasteiger partial charge < -0.3 is 14.0 Å². The molecule has 0 N–H and O–H groups in total. The fourth-order valence-corrected chi connectivity index (χ4v) is 11.0. The second kappa shape index (κ2) is 10.6. The summed E-state index contributed by atoms with van der Waals surface area (Å²) in [5, 5.41) is 5.28. The first-order valence-electron chi connectivity index (χ1n) is 18.8. The third kappa shape index (κ3) is 3.74. The average Bonchev–Trinajstić information content (AvgIpc) is 3.75. The molecule has 250 valence electrons. The van der Waals surface area contributed by atoms with Crippen LogP contribution >= 0.6 is 11.8 Å². The quantitative estimate of drug-likeness (QED) is 0.170. The molecule has 10 aromatic rings. The maximum atomic E-state index is 2.57. The maximum absolute atomic E-state index is 2.57. The molecule has 5 heteroatoms. The summed E-state index contributed by atoms with van der Waals surface area (Å²) < 4.78 is 5.14. The molecule has 3 nitrogen and oxygen atoms in total. The highest BCUT2D eigenvalue weighted by molar-refractivity contribution is 7.99. The Kier molecular flexibility index (Phi) is 5.70. The van der Waals surface area contributed by atoms with Gasteiger partial charge in [-0.05, 0) is 94.6 Å². The molecule has 2 aromatic heterocycles. The van der Waals surface area contributed by atoms with E-state index in [1.54, 1.807) is 0 Å². The van der Waals surface area contributed by atoms with Crippen molar-refractivity contribution < 1.29 is 0 Å². The predicted molar refractivity (Wildman–Crippen MR) is 228 cm³/mol. The van der Waals surface area contributed by atoms with Crippen molar-refractivity contribution in [2.24, 2.45) is 0 Å². The molecule has 0 fully saturated rings. The number of nitrogens with zero attached hydrogens (tertiary/aromatic N) is 3. The second-order valence-electron chi connectivity index (χ2n) is 14.9. The van der Waals surface area contributed by atoms with Gasteiger partial charge in [-0.2, -0.15) is 0 Å². The summed E-state index contributed by atoms with van der Waals surface area (Å²) in [7, 11) is 0. The Morgan fingerprint density at radius 3 is 1.50 bits per heavy atom. The van der Waals surface area contributed by atoms with Crippen LogP contribution in [0.5, 0.6) is 0 Å². The standard InChI is InChI=1S/C49H30BN3S/c1-3-17-39-33(11-1)35-13-9-15-37-48(35)52(39)43-28-31(29-44-47(43)50(37)38-16-10-14-36-34-12-2-4-18-40(34)53(44)49(36)38)27-30-23-25-32(26-24-30)51-41-19-5-7-21-45(41)54-46-22-8-6-20-42(46)51/h1-26,28-29H,27H2. The molecule has 3 aliphatic heterocycles. The third-order valence-corrected chi connectivity index (χ3v) is 13.2. The van der Waals surface area contributed by atoms with Crippen molar-refractivity contribution in [2.45, 2.75) is 16.2 Å². The van der Waals surface area contributed by atoms with Crippen LogP contribution in [-0.4, -0.2) is 15.8 Å². The van der Waals surface area contributed by atoms with Crippen LogP contribution in [-0.2, 0) is 6.42 Å². The topological polar surface area (TPSA) is 13.1 Å². The van der Waals surface area contributed by atoms with Crippen LogP contribution in [0.4, 0.5) is 17.1 Å². The number of benzene rings is 8. The van der Waals surface area contributed by atoms with Crippen molar-refractivity contribution in [3.8, 4) is 11.4 Å². The van der Waals surface area contributed by atoms with Crippen LogP contribution in [0.1, 0.15) is 11.1 Å². The normalized spacial score (nSPS) is 13.5. The number of hydrogen-bond donors (Lipinski definition) is 0. The first-order valence-corrected chi connectivity index (χ1v) is 19.6. The first-order chi connectivity index (χ1) is 26.8. The number of aromatic nitrogens is 2. The second-order valence-corrected chi connectivity index (χ2v) is 16.0. The molecule has 0 bridgehead atoms. The van der Waals surface area contributed by atoms with Gasteiger partial charge in [0.25, 0.3) is 6.71 Å². The van der Waals surface area contributed by atoms with Gasteiger partial charge in [0.1, 0.15) is 0 Å². The summed E-state index contributed by atoms with van der Waals surface area (Å²) in [5.74, 6) is 0. The molecule has 8 aromatic carbocycles. The van der Waals surface area contributed by atoms with Gasteiger partial charge in [0.05, 0.1) is 22.4 Å². The molecule has 3 aliphatic rings. The highest BCUT2D eigenvalue weighted by Gasteiger charge is 2.40. The summed E-state index contributed by atoms with van der Waals surface area (Å²) in [6.07, 6.45) is 0.836. The van der Waals surface area contributed by atoms with Crippen LogP contribution in [0.15, 0.2) is 180 Å². The lowest BCUT2D eigenvalue weighted by Crippen LogP contribution is -2.59. The van der Waals surface area contributed by atoms with Crippen molar-refractivity contribution in [1.29, 1.82) is 0 Å². The molecule has 0 unspecified atom stereocenters. The molecule has 5 heterocycles. The van der Waals surface area contributed by atoms with Gasteiger partial charge in [0.15, 0.2) is 0 Å². The first kappa shape index (κ1) is 29.1. The Balaban J connectivity index is 1.03. The van der Waals surface area contributed by atoms with E-state index in [0.717, 1.165) is 6.42 Å².